The van der Waals surface area contributed by atoms with E-state index in [1.54, 1.807) is 24.3 Å². The number of fused-ring (bicyclic) bond motifs is 3. The minimum Gasteiger partial charge on any atom is -0.329 e. The molecule has 0 fully saturated rings. The third kappa shape index (κ3) is 2.16. The number of hydrogen-bond acceptors (Lipinski definition) is 2. The highest BCUT2D eigenvalue weighted by Gasteiger charge is 2.24. The van der Waals surface area contributed by atoms with Crippen molar-refractivity contribution in [1.29, 1.82) is 0 Å². The molecule has 1 aromatic heterocycles. The lowest BCUT2D eigenvalue weighted by molar-refractivity contribution is 0.0709. The SMILES string of the molecule is O=C(c1cccc(Cl)c1)N1CCn2c(nc3ccccc32)C1. The molecule has 0 bridgehead atoms. The summed E-state index contributed by atoms with van der Waals surface area (Å²) in [6.07, 6.45) is 0. The van der Waals surface area contributed by atoms with E-state index < -0.39 is 0 Å². The zero-order chi connectivity index (χ0) is 15.1. The van der Waals surface area contributed by atoms with Crippen LogP contribution < -0.4 is 0 Å². The summed E-state index contributed by atoms with van der Waals surface area (Å²) in [6.45, 7) is 1.97. The Labute approximate surface area is 132 Å². The molecule has 1 amide bonds. The summed E-state index contributed by atoms with van der Waals surface area (Å²) < 4.78 is 2.19. The van der Waals surface area contributed by atoms with E-state index >= 15 is 0 Å². The number of aromatic nitrogens is 2. The predicted octanol–water partition coefficient (Wildman–Crippen LogP) is 3.35. The number of carbonyl (C=O) groups is 1. The van der Waals surface area contributed by atoms with E-state index in [2.05, 4.69) is 15.6 Å². The topological polar surface area (TPSA) is 38.1 Å². The van der Waals surface area contributed by atoms with E-state index in [1.807, 2.05) is 23.1 Å². The molecule has 0 spiro atoms. The minimum atomic E-state index is 0.000746. The summed E-state index contributed by atoms with van der Waals surface area (Å²) in [6, 6.07) is 15.1. The van der Waals surface area contributed by atoms with Crippen molar-refractivity contribution in [3.8, 4) is 0 Å². The number of amides is 1. The van der Waals surface area contributed by atoms with Crippen LogP contribution in [0, 0.1) is 0 Å². The normalized spacial score (nSPS) is 14.1. The lowest BCUT2D eigenvalue weighted by atomic mass is 10.2. The van der Waals surface area contributed by atoms with Gasteiger partial charge in [0.25, 0.3) is 5.91 Å². The zero-order valence-electron chi connectivity index (χ0n) is 11.9. The number of para-hydroxylation sites is 2. The van der Waals surface area contributed by atoms with Crippen LogP contribution in [0.4, 0.5) is 0 Å². The number of rotatable bonds is 1. The van der Waals surface area contributed by atoms with Crippen molar-refractivity contribution in [2.24, 2.45) is 0 Å². The molecule has 110 valence electrons. The van der Waals surface area contributed by atoms with Gasteiger partial charge in [0.05, 0.1) is 17.6 Å². The van der Waals surface area contributed by atoms with Gasteiger partial charge >= 0.3 is 0 Å². The Balaban J connectivity index is 1.65. The van der Waals surface area contributed by atoms with Gasteiger partial charge in [-0.1, -0.05) is 29.8 Å². The third-order valence-electron chi connectivity index (χ3n) is 4.02. The van der Waals surface area contributed by atoms with Crippen LogP contribution in [0.2, 0.25) is 5.02 Å². The Hall–Kier alpha value is -2.33. The largest absolute Gasteiger partial charge is 0.329 e. The molecule has 0 saturated heterocycles. The van der Waals surface area contributed by atoms with E-state index in [0.29, 0.717) is 23.7 Å². The fourth-order valence-corrected chi connectivity index (χ4v) is 3.13. The second-order valence-electron chi connectivity index (χ2n) is 5.41. The Morgan fingerprint density at radius 1 is 1.09 bits per heavy atom. The van der Waals surface area contributed by atoms with Gasteiger partial charge in [-0.05, 0) is 30.3 Å². The fourth-order valence-electron chi connectivity index (χ4n) is 2.94. The van der Waals surface area contributed by atoms with Crippen LogP contribution in [-0.4, -0.2) is 26.9 Å². The van der Waals surface area contributed by atoms with Gasteiger partial charge in [0.15, 0.2) is 0 Å². The molecule has 1 aliphatic heterocycles. The van der Waals surface area contributed by atoms with Crippen LogP contribution >= 0.6 is 11.6 Å². The summed E-state index contributed by atoms with van der Waals surface area (Å²) in [5.41, 5.74) is 2.74. The zero-order valence-corrected chi connectivity index (χ0v) is 12.6. The van der Waals surface area contributed by atoms with Crippen molar-refractivity contribution in [3.63, 3.8) is 0 Å². The molecule has 0 radical (unpaired) electrons. The number of hydrogen-bond donors (Lipinski definition) is 0. The van der Waals surface area contributed by atoms with Gasteiger partial charge in [-0.3, -0.25) is 4.79 Å². The molecule has 0 saturated carbocycles. The number of halogens is 1. The molecule has 4 rings (SSSR count). The van der Waals surface area contributed by atoms with E-state index in [9.17, 15) is 4.79 Å². The van der Waals surface area contributed by atoms with Crippen molar-refractivity contribution in [2.75, 3.05) is 6.54 Å². The van der Waals surface area contributed by atoms with E-state index in [0.717, 1.165) is 23.4 Å². The molecule has 3 aromatic rings. The van der Waals surface area contributed by atoms with Gasteiger partial charge in [-0.15, -0.1) is 0 Å². The van der Waals surface area contributed by atoms with Crippen LogP contribution in [0.3, 0.4) is 0 Å². The van der Waals surface area contributed by atoms with Gasteiger partial charge in [-0.2, -0.15) is 0 Å². The van der Waals surface area contributed by atoms with Crippen LogP contribution in [0.5, 0.6) is 0 Å². The molecule has 0 atom stereocenters. The highest BCUT2D eigenvalue weighted by Crippen LogP contribution is 2.22. The standard InChI is InChI=1S/C17H14ClN3O/c18-13-5-3-4-12(10-13)17(22)20-8-9-21-15-7-2-1-6-14(15)19-16(21)11-20/h1-7,10H,8-9,11H2. The Bertz CT molecular complexity index is 871. The van der Waals surface area contributed by atoms with Crippen molar-refractivity contribution in [1.82, 2.24) is 14.5 Å². The average molecular weight is 312 g/mol. The first kappa shape index (κ1) is 13.3. The maximum Gasteiger partial charge on any atom is 0.254 e. The first-order valence-corrected chi connectivity index (χ1v) is 7.59. The number of imidazole rings is 1. The van der Waals surface area contributed by atoms with E-state index in [4.69, 9.17) is 11.6 Å². The fraction of sp³-hybridized carbons (Fsp3) is 0.176. The minimum absolute atomic E-state index is 0.000746. The van der Waals surface area contributed by atoms with Gasteiger partial charge in [0, 0.05) is 23.7 Å². The quantitative estimate of drug-likeness (QED) is 0.691. The number of carbonyl (C=O) groups excluding carboxylic acids is 1. The van der Waals surface area contributed by atoms with Crippen LogP contribution in [0.25, 0.3) is 11.0 Å². The maximum atomic E-state index is 12.6. The Kier molecular flexibility index (Phi) is 3.12. The summed E-state index contributed by atoms with van der Waals surface area (Å²) in [4.78, 5) is 19.1. The van der Waals surface area contributed by atoms with Crippen LogP contribution in [0.15, 0.2) is 48.5 Å². The molecule has 2 aromatic carbocycles. The molecule has 5 heteroatoms. The number of nitrogens with zero attached hydrogens (tertiary/aromatic N) is 3. The maximum absolute atomic E-state index is 12.6. The smallest absolute Gasteiger partial charge is 0.254 e. The van der Waals surface area contributed by atoms with E-state index in [1.165, 1.54) is 0 Å². The first-order valence-electron chi connectivity index (χ1n) is 7.21. The van der Waals surface area contributed by atoms with Crippen LogP contribution in [-0.2, 0) is 13.1 Å². The second-order valence-corrected chi connectivity index (χ2v) is 5.84. The average Bonchev–Trinajstić information content (AvgIpc) is 2.91. The van der Waals surface area contributed by atoms with Crippen molar-refractivity contribution >= 4 is 28.5 Å². The first-order chi connectivity index (χ1) is 10.7. The molecule has 0 unspecified atom stereocenters. The number of benzene rings is 2. The summed E-state index contributed by atoms with van der Waals surface area (Å²) >= 11 is 5.98. The highest BCUT2D eigenvalue weighted by atomic mass is 35.5. The molecule has 0 N–H and O–H groups in total. The molecular weight excluding hydrogens is 298 g/mol. The van der Waals surface area contributed by atoms with Crippen molar-refractivity contribution < 1.29 is 4.79 Å². The van der Waals surface area contributed by atoms with Crippen molar-refractivity contribution in [3.05, 3.63) is 64.9 Å². The predicted molar refractivity (Wildman–Crippen MR) is 85.9 cm³/mol. The Morgan fingerprint density at radius 3 is 2.82 bits per heavy atom. The lowest BCUT2D eigenvalue weighted by Gasteiger charge is -2.28. The molecule has 0 aliphatic carbocycles. The molecular formula is C17H14ClN3O. The second kappa shape index (κ2) is 5.14. The van der Waals surface area contributed by atoms with Gasteiger partial charge in [0.2, 0.25) is 0 Å². The highest BCUT2D eigenvalue weighted by molar-refractivity contribution is 6.30. The van der Waals surface area contributed by atoms with Crippen molar-refractivity contribution in [2.45, 2.75) is 13.1 Å². The molecule has 2 heterocycles. The lowest BCUT2D eigenvalue weighted by Crippen LogP contribution is -2.38. The molecule has 4 nitrogen and oxygen atoms in total. The summed E-state index contributed by atoms with van der Waals surface area (Å²) in [7, 11) is 0. The molecule has 22 heavy (non-hydrogen) atoms. The summed E-state index contributed by atoms with van der Waals surface area (Å²) in [5, 5.41) is 0.579. The molecule has 1 aliphatic rings. The van der Waals surface area contributed by atoms with E-state index in [-0.39, 0.29) is 5.91 Å². The van der Waals surface area contributed by atoms with Crippen LogP contribution in [0.1, 0.15) is 16.2 Å². The monoisotopic (exact) mass is 311 g/mol. The Morgan fingerprint density at radius 2 is 1.95 bits per heavy atom. The van der Waals surface area contributed by atoms with Gasteiger partial charge in [0.1, 0.15) is 5.82 Å². The third-order valence-corrected chi connectivity index (χ3v) is 4.25. The summed E-state index contributed by atoms with van der Waals surface area (Å²) in [5.74, 6) is 0.934. The van der Waals surface area contributed by atoms with Gasteiger partial charge < -0.3 is 9.47 Å². The van der Waals surface area contributed by atoms with Gasteiger partial charge in [-0.25, -0.2) is 4.98 Å².